The Balaban J connectivity index is 1.89. The second-order valence-electron chi connectivity index (χ2n) is 4.85. The third-order valence-electron chi connectivity index (χ3n) is 2.87. The number of para-hydroxylation sites is 1. The zero-order valence-corrected chi connectivity index (χ0v) is 13.1. The lowest BCUT2D eigenvalue weighted by Gasteiger charge is -2.15. The Bertz CT molecular complexity index is 597. The Morgan fingerprint density at radius 1 is 1.10 bits per heavy atom. The lowest BCUT2D eigenvalue weighted by molar-refractivity contribution is 0.249. The van der Waals surface area contributed by atoms with Gasteiger partial charge < -0.3 is 10.6 Å². The van der Waals surface area contributed by atoms with Crippen molar-refractivity contribution in [2.45, 2.75) is 19.4 Å². The third kappa shape index (κ3) is 5.29. The van der Waals surface area contributed by atoms with Crippen molar-refractivity contribution in [2.24, 2.45) is 0 Å². The molecule has 0 bridgehead atoms. The van der Waals surface area contributed by atoms with Crippen LogP contribution in [0.3, 0.4) is 0 Å². The minimum absolute atomic E-state index is 0.0387. The van der Waals surface area contributed by atoms with E-state index in [1.165, 1.54) is 0 Å². The minimum Gasteiger partial charge on any atom is -0.335 e. The maximum atomic E-state index is 11.9. The van der Waals surface area contributed by atoms with E-state index in [2.05, 4.69) is 10.6 Å². The maximum absolute atomic E-state index is 11.9. The summed E-state index contributed by atoms with van der Waals surface area (Å²) in [6.07, 6.45) is 0.655. The first-order chi connectivity index (χ1) is 10.0. The van der Waals surface area contributed by atoms with Gasteiger partial charge in [0.05, 0.1) is 0 Å². The standard InChI is InChI=1S/C16H16Cl2N2O/c1-11(7-12-8-13(17)10-14(18)9-12)19-16(21)20-15-5-3-2-4-6-15/h2-6,8-11H,7H2,1H3,(H2,19,20,21). The fourth-order valence-electron chi connectivity index (χ4n) is 2.05. The molecule has 0 aliphatic carbocycles. The molecular formula is C16H16Cl2N2O. The molecule has 1 unspecified atom stereocenters. The molecule has 0 aliphatic heterocycles. The molecule has 1 atom stereocenters. The number of carbonyl (C=O) groups excluding carboxylic acids is 1. The quantitative estimate of drug-likeness (QED) is 0.838. The van der Waals surface area contributed by atoms with Crippen LogP contribution in [0.2, 0.25) is 10.0 Å². The number of anilines is 1. The van der Waals surface area contributed by atoms with E-state index in [0.29, 0.717) is 16.5 Å². The van der Waals surface area contributed by atoms with E-state index in [1.807, 2.05) is 49.4 Å². The topological polar surface area (TPSA) is 41.1 Å². The van der Waals surface area contributed by atoms with Gasteiger partial charge in [0, 0.05) is 21.8 Å². The zero-order chi connectivity index (χ0) is 15.2. The van der Waals surface area contributed by atoms with E-state index in [9.17, 15) is 4.79 Å². The van der Waals surface area contributed by atoms with E-state index in [1.54, 1.807) is 6.07 Å². The molecule has 0 spiro atoms. The fraction of sp³-hybridized carbons (Fsp3) is 0.188. The van der Waals surface area contributed by atoms with Gasteiger partial charge in [-0.3, -0.25) is 0 Å². The van der Waals surface area contributed by atoms with Gasteiger partial charge in [-0.05, 0) is 49.2 Å². The summed E-state index contributed by atoms with van der Waals surface area (Å²) in [6, 6.07) is 14.4. The molecular weight excluding hydrogens is 307 g/mol. The number of hydrogen-bond acceptors (Lipinski definition) is 1. The maximum Gasteiger partial charge on any atom is 0.319 e. The molecule has 0 saturated carbocycles. The highest BCUT2D eigenvalue weighted by Crippen LogP contribution is 2.20. The summed E-state index contributed by atoms with van der Waals surface area (Å²) in [4.78, 5) is 11.9. The smallest absolute Gasteiger partial charge is 0.319 e. The number of amides is 2. The first-order valence-electron chi connectivity index (χ1n) is 6.60. The minimum atomic E-state index is -0.234. The molecule has 0 radical (unpaired) electrons. The molecule has 0 fully saturated rings. The Labute approximate surface area is 134 Å². The zero-order valence-electron chi connectivity index (χ0n) is 11.6. The third-order valence-corrected chi connectivity index (χ3v) is 3.31. The van der Waals surface area contributed by atoms with Crippen molar-refractivity contribution in [3.8, 4) is 0 Å². The van der Waals surface area contributed by atoms with Crippen molar-refractivity contribution in [2.75, 3.05) is 5.32 Å². The molecule has 2 aromatic carbocycles. The van der Waals surface area contributed by atoms with Crippen molar-refractivity contribution in [1.82, 2.24) is 5.32 Å². The summed E-state index contributed by atoms with van der Waals surface area (Å²) in [5.41, 5.74) is 1.74. The second kappa shape index (κ2) is 7.34. The van der Waals surface area contributed by atoms with Gasteiger partial charge in [-0.25, -0.2) is 4.79 Å². The van der Waals surface area contributed by atoms with Gasteiger partial charge in [0.25, 0.3) is 0 Å². The van der Waals surface area contributed by atoms with E-state index < -0.39 is 0 Å². The fourth-order valence-corrected chi connectivity index (χ4v) is 2.62. The lowest BCUT2D eigenvalue weighted by Crippen LogP contribution is -2.37. The molecule has 110 valence electrons. The van der Waals surface area contributed by atoms with Crippen LogP contribution >= 0.6 is 23.2 Å². The van der Waals surface area contributed by atoms with Gasteiger partial charge >= 0.3 is 6.03 Å². The summed E-state index contributed by atoms with van der Waals surface area (Å²) < 4.78 is 0. The Morgan fingerprint density at radius 2 is 1.71 bits per heavy atom. The highest BCUT2D eigenvalue weighted by Gasteiger charge is 2.09. The molecule has 2 rings (SSSR count). The van der Waals surface area contributed by atoms with E-state index >= 15 is 0 Å². The van der Waals surface area contributed by atoms with Crippen LogP contribution in [0, 0.1) is 0 Å². The normalized spacial score (nSPS) is 11.8. The van der Waals surface area contributed by atoms with Crippen LogP contribution in [0.25, 0.3) is 0 Å². The highest BCUT2D eigenvalue weighted by atomic mass is 35.5. The van der Waals surface area contributed by atoms with Crippen LogP contribution in [0.15, 0.2) is 48.5 Å². The average Bonchev–Trinajstić information content (AvgIpc) is 2.37. The Hall–Kier alpha value is -1.71. The lowest BCUT2D eigenvalue weighted by atomic mass is 10.1. The first kappa shape index (κ1) is 15.7. The van der Waals surface area contributed by atoms with Crippen molar-refractivity contribution in [3.05, 3.63) is 64.1 Å². The van der Waals surface area contributed by atoms with E-state index in [4.69, 9.17) is 23.2 Å². The van der Waals surface area contributed by atoms with E-state index in [0.717, 1.165) is 11.3 Å². The van der Waals surface area contributed by atoms with Crippen LogP contribution in [0.4, 0.5) is 10.5 Å². The number of urea groups is 1. The number of benzene rings is 2. The molecule has 0 aromatic heterocycles. The number of hydrogen-bond donors (Lipinski definition) is 2. The molecule has 0 heterocycles. The molecule has 2 aromatic rings. The van der Waals surface area contributed by atoms with Crippen LogP contribution < -0.4 is 10.6 Å². The summed E-state index contributed by atoms with van der Waals surface area (Å²) >= 11 is 11.9. The number of rotatable bonds is 4. The summed E-state index contributed by atoms with van der Waals surface area (Å²) in [7, 11) is 0. The van der Waals surface area contributed by atoms with Gasteiger partial charge in [0.15, 0.2) is 0 Å². The monoisotopic (exact) mass is 322 g/mol. The number of nitrogens with one attached hydrogen (secondary N) is 2. The Kier molecular flexibility index (Phi) is 5.48. The molecule has 5 heteroatoms. The Morgan fingerprint density at radius 3 is 2.33 bits per heavy atom. The molecule has 2 amide bonds. The molecule has 3 nitrogen and oxygen atoms in total. The number of carbonyl (C=O) groups is 1. The summed E-state index contributed by atoms with van der Waals surface area (Å²) in [6.45, 7) is 1.93. The molecule has 0 saturated heterocycles. The van der Waals surface area contributed by atoms with Gasteiger partial charge in [-0.1, -0.05) is 41.4 Å². The predicted octanol–water partition coefficient (Wildman–Crippen LogP) is 4.75. The van der Waals surface area contributed by atoms with Crippen molar-refractivity contribution >= 4 is 34.9 Å². The number of halogens is 2. The highest BCUT2D eigenvalue weighted by molar-refractivity contribution is 6.34. The largest absolute Gasteiger partial charge is 0.335 e. The summed E-state index contributed by atoms with van der Waals surface area (Å²) in [5, 5.41) is 6.85. The molecule has 21 heavy (non-hydrogen) atoms. The van der Waals surface area contributed by atoms with Crippen molar-refractivity contribution in [3.63, 3.8) is 0 Å². The first-order valence-corrected chi connectivity index (χ1v) is 7.36. The van der Waals surface area contributed by atoms with Gasteiger partial charge in [-0.2, -0.15) is 0 Å². The van der Waals surface area contributed by atoms with Crippen molar-refractivity contribution in [1.29, 1.82) is 0 Å². The average molecular weight is 323 g/mol. The van der Waals surface area contributed by atoms with Crippen molar-refractivity contribution < 1.29 is 4.79 Å². The van der Waals surface area contributed by atoms with Crippen LogP contribution in [-0.4, -0.2) is 12.1 Å². The van der Waals surface area contributed by atoms with Gasteiger partial charge in [0.1, 0.15) is 0 Å². The summed E-state index contributed by atoms with van der Waals surface area (Å²) in [5.74, 6) is 0. The second-order valence-corrected chi connectivity index (χ2v) is 5.72. The van der Waals surface area contributed by atoms with Crippen LogP contribution in [-0.2, 0) is 6.42 Å². The van der Waals surface area contributed by atoms with Crippen LogP contribution in [0.1, 0.15) is 12.5 Å². The molecule has 2 N–H and O–H groups in total. The van der Waals surface area contributed by atoms with Crippen LogP contribution in [0.5, 0.6) is 0 Å². The van der Waals surface area contributed by atoms with Gasteiger partial charge in [0.2, 0.25) is 0 Å². The molecule has 0 aliphatic rings. The SMILES string of the molecule is CC(Cc1cc(Cl)cc(Cl)c1)NC(=O)Nc1ccccc1. The van der Waals surface area contributed by atoms with Gasteiger partial charge in [-0.15, -0.1) is 0 Å². The van der Waals surface area contributed by atoms with E-state index in [-0.39, 0.29) is 12.1 Å². The predicted molar refractivity (Wildman–Crippen MR) is 88.2 cm³/mol.